The number of aliphatic hydroxyl groups is 1. The number of carbonyl (C=O) groups excluding carboxylic acids is 2. The van der Waals surface area contributed by atoms with Gasteiger partial charge in [0.05, 0.1) is 17.7 Å². The van der Waals surface area contributed by atoms with Gasteiger partial charge in [0.25, 0.3) is 11.7 Å². The molecule has 0 aromatic heterocycles. The fraction of sp³-hybridized carbons (Fsp3) is 0.407. The van der Waals surface area contributed by atoms with E-state index in [1.165, 1.54) is 0 Å². The van der Waals surface area contributed by atoms with E-state index in [9.17, 15) is 14.7 Å². The van der Waals surface area contributed by atoms with Crippen molar-refractivity contribution in [3.05, 3.63) is 75.3 Å². The predicted molar refractivity (Wildman–Crippen MR) is 134 cm³/mol. The van der Waals surface area contributed by atoms with Crippen molar-refractivity contribution in [3.8, 4) is 0 Å². The van der Waals surface area contributed by atoms with E-state index >= 15 is 0 Å². The highest BCUT2D eigenvalue weighted by molar-refractivity contribution is 9.10. The molecular formula is C27H32BrNO4. The molecule has 1 amide bonds. The Kier molecular flexibility index (Phi) is 7.80. The Morgan fingerprint density at radius 1 is 1.06 bits per heavy atom. The molecule has 5 nitrogen and oxygen atoms in total. The number of aliphatic hydroxyl groups excluding tert-OH is 1. The number of hydrogen-bond acceptors (Lipinski definition) is 4. The molecule has 1 aliphatic heterocycles. The van der Waals surface area contributed by atoms with E-state index in [1.54, 1.807) is 29.2 Å². The van der Waals surface area contributed by atoms with Crippen LogP contribution >= 0.6 is 15.9 Å². The molecule has 1 heterocycles. The summed E-state index contributed by atoms with van der Waals surface area (Å²) in [5.74, 6) is -1.42. The molecule has 0 bridgehead atoms. The van der Waals surface area contributed by atoms with Crippen molar-refractivity contribution in [2.75, 3.05) is 13.2 Å². The molecule has 0 spiro atoms. The number of ether oxygens (including phenoxy) is 1. The monoisotopic (exact) mass is 513 g/mol. The predicted octanol–water partition coefficient (Wildman–Crippen LogP) is 5.98. The van der Waals surface area contributed by atoms with Crippen LogP contribution in [-0.2, 0) is 19.7 Å². The van der Waals surface area contributed by atoms with E-state index in [2.05, 4.69) is 36.7 Å². The highest BCUT2D eigenvalue weighted by Gasteiger charge is 2.45. The molecule has 1 atom stereocenters. The summed E-state index contributed by atoms with van der Waals surface area (Å²) in [6.07, 6.45) is 0.693. The van der Waals surface area contributed by atoms with Crippen molar-refractivity contribution in [3.63, 3.8) is 0 Å². The second-order valence-corrected chi connectivity index (χ2v) is 10.6. The number of halogens is 1. The van der Waals surface area contributed by atoms with Crippen molar-refractivity contribution >= 4 is 33.4 Å². The number of amides is 1. The van der Waals surface area contributed by atoms with E-state index in [-0.39, 0.29) is 22.9 Å². The maximum absolute atomic E-state index is 13.1. The third-order valence-electron chi connectivity index (χ3n) is 5.74. The lowest BCUT2D eigenvalue weighted by Gasteiger charge is -2.26. The number of rotatable bonds is 7. The third kappa shape index (κ3) is 5.74. The zero-order valence-corrected chi connectivity index (χ0v) is 21.5. The number of carbonyl (C=O) groups is 2. The van der Waals surface area contributed by atoms with Crippen LogP contribution in [0, 0.1) is 0 Å². The maximum Gasteiger partial charge on any atom is 0.295 e. The van der Waals surface area contributed by atoms with Gasteiger partial charge in [0.2, 0.25) is 0 Å². The highest BCUT2D eigenvalue weighted by atomic mass is 79.9. The van der Waals surface area contributed by atoms with E-state index in [4.69, 9.17) is 4.74 Å². The van der Waals surface area contributed by atoms with Crippen molar-refractivity contribution in [1.29, 1.82) is 0 Å². The first-order valence-electron chi connectivity index (χ1n) is 11.3. The lowest BCUT2D eigenvalue weighted by atomic mass is 9.85. The minimum Gasteiger partial charge on any atom is -0.507 e. The van der Waals surface area contributed by atoms with Gasteiger partial charge in [-0.2, -0.15) is 0 Å². The van der Waals surface area contributed by atoms with Crippen LogP contribution in [0.4, 0.5) is 0 Å². The molecule has 1 aliphatic rings. The quantitative estimate of drug-likeness (QED) is 0.214. The SMILES string of the molecule is CC(C)OCCCN1C(=O)C(=O)/C(=C(\O)c2ccc(Br)cc2)C1c1ccc(C(C)(C)C)cc1. The number of Topliss-reactive ketones (excluding diaryl/α,β-unsaturated/α-hetero) is 1. The second-order valence-electron chi connectivity index (χ2n) is 9.64. The molecule has 1 fully saturated rings. The van der Waals surface area contributed by atoms with Crippen LogP contribution in [0.3, 0.4) is 0 Å². The van der Waals surface area contributed by atoms with Crippen LogP contribution in [0.15, 0.2) is 58.6 Å². The van der Waals surface area contributed by atoms with Crippen molar-refractivity contribution in [2.24, 2.45) is 0 Å². The zero-order valence-electron chi connectivity index (χ0n) is 19.9. The summed E-state index contributed by atoms with van der Waals surface area (Å²) in [4.78, 5) is 27.7. The minimum absolute atomic E-state index is 0.0219. The lowest BCUT2D eigenvalue weighted by molar-refractivity contribution is -0.140. The van der Waals surface area contributed by atoms with Crippen LogP contribution < -0.4 is 0 Å². The van der Waals surface area contributed by atoms with Gasteiger partial charge in [-0.15, -0.1) is 0 Å². The summed E-state index contributed by atoms with van der Waals surface area (Å²) in [7, 11) is 0. The summed E-state index contributed by atoms with van der Waals surface area (Å²) in [5.41, 5.74) is 2.55. The summed E-state index contributed by atoms with van der Waals surface area (Å²) < 4.78 is 6.48. The zero-order chi connectivity index (χ0) is 24.3. The van der Waals surface area contributed by atoms with Crippen LogP contribution in [-0.4, -0.2) is 41.0 Å². The Morgan fingerprint density at radius 2 is 1.67 bits per heavy atom. The fourth-order valence-electron chi connectivity index (χ4n) is 3.94. The van der Waals surface area contributed by atoms with E-state index in [0.717, 1.165) is 15.6 Å². The Balaban J connectivity index is 2.04. The average molecular weight is 514 g/mol. The molecule has 1 saturated heterocycles. The first kappa shape index (κ1) is 25.2. The highest BCUT2D eigenvalue weighted by Crippen LogP contribution is 2.40. The standard InChI is InChI=1S/C27H32BrNO4/c1-17(2)33-16-6-15-29-23(18-7-11-20(12-8-18)27(3,4)5)22(25(31)26(29)32)24(30)19-9-13-21(28)14-10-19/h7-14,17,23,30H,6,15-16H2,1-5H3/b24-22-. The molecule has 6 heteroatoms. The third-order valence-corrected chi connectivity index (χ3v) is 6.27. The molecule has 0 aliphatic carbocycles. The number of likely N-dealkylation sites (tertiary alicyclic amines) is 1. The van der Waals surface area contributed by atoms with Crippen molar-refractivity contribution in [1.82, 2.24) is 4.90 Å². The lowest BCUT2D eigenvalue weighted by Crippen LogP contribution is -2.31. The Labute approximate surface area is 204 Å². The van der Waals surface area contributed by atoms with Gasteiger partial charge in [0.1, 0.15) is 5.76 Å². The van der Waals surface area contributed by atoms with Crippen LogP contribution in [0.25, 0.3) is 5.76 Å². The molecule has 1 unspecified atom stereocenters. The summed E-state index contributed by atoms with van der Waals surface area (Å²) >= 11 is 3.39. The van der Waals surface area contributed by atoms with Crippen LogP contribution in [0.1, 0.15) is 63.8 Å². The molecule has 2 aromatic carbocycles. The van der Waals surface area contributed by atoms with Crippen molar-refractivity contribution < 1.29 is 19.4 Å². The Morgan fingerprint density at radius 3 is 2.21 bits per heavy atom. The molecule has 176 valence electrons. The van der Waals surface area contributed by atoms with E-state index in [0.29, 0.717) is 25.1 Å². The number of nitrogens with zero attached hydrogens (tertiary/aromatic N) is 1. The molecule has 0 saturated carbocycles. The Hall–Kier alpha value is -2.44. The molecular weight excluding hydrogens is 482 g/mol. The first-order chi connectivity index (χ1) is 15.5. The molecule has 2 aromatic rings. The summed E-state index contributed by atoms with van der Waals surface area (Å²) in [6, 6.07) is 14.3. The minimum atomic E-state index is -0.662. The maximum atomic E-state index is 13.1. The molecule has 3 rings (SSSR count). The molecule has 0 radical (unpaired) electrons. The second kappa shape index (κ2) is 10.2. The van der Waals surface area contributed by atoms with Gasteiger partial charge in [0, 0.05) is 23.2 Å². The average Bonchev–Trinajstić information content (AvgIpc) is 3.01. The Bertz CT molecular complexity index is 1030. The molecule has 33 heavy (non-hydrogen) atoms. The first-order valence-corrected chi connectivity index (χ1v) is 12.1. The topological polar surface area (TPSA) is 66.8 Å². The smallest absolute Gasteiger partial charge is 0.295 e. The van der Waals surface area contributed by atoms with Crippen LogP contribution in [0.5, 0.6) is 0 Å². The van der Waals surface area contributed by atoms with E-state index in [1.807, 2.05) is 38.1 Å². The van der Waals surface area contributed by atoms with Gasteiger partial charge in [-0.3, -0.25) is 9.59 Å². The largest absolute Gasteiger partial charge is 0.507 e. The van der Waals surface area contributed by atoms with E-state index < -0.39 is 17.7 Å². The van der Waals surface area contributed by atoms with Gasteiger partial charge in [0.15, 0.2) is 0 Å². The number of benzene rings is 2. The summed E-state index contributed by atoms with van der Waals surface area (Å²) in [6.45, 7) is 11.2. The van der Waals surface area contributed by atoms with Gasteiger partial charge in [-0.25, -0.2) is 0 Å². The van der Waals surface area contributed by atoms with Gasteiger partial charge < -0.3 is 14.7 Å². The summed E-state index contributed by atoms with van der Waals surface area (Å²) in [5, 5.41) is 11.1. The van der Waals surface area contributed by atoms with Gasteiger partial charge in [-0.1, -0.05) is 73.1 Å². The normalized spacial score (nSPS) is 18.4. The van der Waals surface area contributed by atoms with Gasteiger partial charge >= 0.3 is 0 Å². The van der Waals surface area contributed by atoms with Gasteiger partial charge in [-0.05, 0) is 48.9 Å². The number of ketones is 1. The number of hydrogen-bond donors (Lipinski definition) is 1. The van der Waals surface area contributed by atoms with Crippen molar-refractivity contribution in [2.45, 2.75) is 58.6 Å². The molecule has 1 N–H and O–H groups in total. The fourth-order valence-corrected chi connectivity index (χ4v) is 4.20. The van der Waals surface area contributed by atoms with Crippen LogP contribution in [0.2, 0.25) is 0 Å².